The predicted molar refractivity (Wildman–Crippen MR) is 117 cm³/mol. The number of carbonyl (C=O) groups excluding carboxylic acids is 2. The Bertz CT molecular complexity index is 1060. The summed E-state index contributed by atoms with van der Waals surface area (Å²) in [5, 5.41) is 7.92. The van der Waals surface area contributed by atoms with Gasteiger partial charge in [0.05, 0.1) is 5.69 Å². The van der Waals surface area contributed by atoms with Gasteiger partial charge in [-0.05, 0) is 55.0 Å². The molecule has 0 aliphatic carbocycles. The molecule has 0 aromatic heterocycles. The molecule has 0 heterocycles. The van der Waals surface area contributed by atoms with Crippen LogP contribution in [0.3, 0.4) is 0 Å². The number of urea groups is 2. The Morgan fingerprint density at radius 1 is 0.839 bits per heavy atom. The molecule has 0 fully saturated rings. The fourth-order valence-corrected chi connectivity index (χ4v) is 2.88. The lowest BCUT2D eigenvalue weighted by atomic mass is 10.2. The summed E-state index contributed by atoms with van der Waals surface area (Å²) in [6.45, 7) is 2.06. The molecule has 0 unspecified atom stereocenters. The first kappa shape index (κ1) is 21.8. The van der Waals surface area contributed by atoms with Crippen molar-refractivity contribution in [2.24, 2.45) is 0 Å². The number of carbonyl (C=O) groups is 2. The molecule has 0 saturated heterocycles. The van der Waals surface area contributed by atoms with Crippen molar-refractivity contribution in [3.8, 4) is 0 Å². The molecular weight excluding hydrogens is 402 g/mol. The topological polar surface area (TPSA) is 73.5 Å². The van der Waals surface area contributed by atoms with E-state index in [1.54, 1.807) is 12.1 Å². The van der Waals surface area contributed by atoms with E-state index in [2.05, 4.69) is 16.0 Å². The lowest BCUT2D eigenvalue weighted by Gasteiger charge is -2.23. The van der Waals surface area contributed by atoms with E-state index >= 15 is 0 Å². The second kappa shape index (κ2) is 10.2. The van der Waals surface area contributed by atoms with Crippen LogP contribution in [-0.2, 0) is 0 Å². The third kappa shape index (κ3) is 6.02. The van der Waals surface area contributed by atoms with E-state index < -0.39 is 23.7 Å². The molecule has 0 aliphatic heterocycles. The zero-order valence-corrected chi connectivity index (χ0v) is 16.9. The molecule has 3 aromatic carbocycles. The second-order valence-corrected chi connectivity index (χ2v) is 6.73. The van der Waals surface area contributed by atoms with E-state index in [-0.39, 0.29) is 18.8 Å². The van der Waals surface area contributed by atoms with Gasteiger partial charge in [0, 0.05) is 24.5 Å². The van der Waals surface area contributed by atoms with E-state index in [1.165, 1.54) is 47.4 Å². The Hall–Kier alpha value is -3.94. The van der Waals surface area contributed by atoms with Crippen molar-refractivity contribution in [1.29, 1.82) is 0 Å². The molecule has 0 spiro atoms. The number of halogens is 2. The van der Waals surface area contributed by atoms with E-state index in [0.717, 1.165) is 5.56 Å². The monoisotopic (exact) mass is 424 g/mol. The number of aryl methyl sites for hydroxylation is 1. The lowest BCUT2D eigenvalue weighted by molar-refractivity contribution is 0.250. The average molecular weight is 424 g/mol. The number of anilines is 3. The molecule has 4 amide bonds. The van der Waals surface area contributed by atoms with Gasteiger partial charge in [0.2, 0.25) is 0 Å². The first-order chi connectivity index (χ1) is 14.9. The smallest absolute Gasteiger partial charge is 0.326 e. The van der Waals surface area contributed by atoms with E-state index in [1.807, 2.05) is 25.1 Å². The molecule has 0 aliphatic rings. The molecular formula is C23H22F2N4O2. The van der Waals surface area contributed by atoms with Crippen LogP contribution in [0.5, 0.6) is 0 Å². The van der Waals surface area contributed by atoms with E-state index in [9.17, 15) is 18.4 Å². The molecule has 0 atom stereocenters. The molecule has 6 nitrogen and oxygen atoms in total. The third-order valence-corrected chi connectivity index (χ3v) is 4.51. The van der Waals surface area contributed by atoms with Crippen molar-refractivity contribution in [3.05, 3.63) is 90.0 Å². The Balaban J connectivity index is 1.66. The fraction of sp³-hybridized carbons (Fsp3) is 0.130. The van der Waals surface area contributed by atoms with Crippen molar-refractivity contribution >= 4 is 29.1 Å². The van der Waals surface area contributed by atoms with Gasteiger partial charge in [-0.1, -0.05) is 30.3 Å². The maximum Gasteiger partial charge on any atom is 0.326 e. The zero-order valence-electron chi connectivity index (χ0n) is 16.9. The number of nitrogens with one attached hydrogen (secondary N) is 3. The number of nitrogens with zero attached hydrogens (tertiary/aromatic N) is 1. The highest BCUT2D eigenvalue weighted by molar-refractivity contribution is 6.01. The van der Waals surface area contributed by atoms with Gasteiger partial charge < -0.3 is 16.0 Å². The summed E-state index contributed by atoms with van der Waals surface area (Å²) in [4.78, 5) is 26.3. The Kier molecular flexibility index (Phi) is 7.16. The highest BCUT2D eigenvalue weighted by Crippen LogP contribution is 2.18. The maximum atomic E-state index is 13.9. The summed E-state index contributed by atoms with van der Waals surface area (Å²) >= 11 is 0. The normalized spacial score (nSPS) is 10.3. The lowest BCUT2D eigenvalue weighted by Crippen LogP contribution is -2.42. The van der Waals surface area contributed by atoms with Gasteiger partial charge in [0.25, 0.3) is 0 Å². The molecule has 160 valence electrons. The summed E-state index contributed by atoms with van der Waals surface area (Å²) in [5.41, 5.74) is 2.00. The van der Waals surface area contributed by atoms with Crippen molar-refractivity contribution < 1.29 is 18.4 Å². The summed E-state index contributed by atoms with van der Waals surface area (Å²) in [6.07, 6.45) is 0. The molecule has 3 rings (SSSR count). The summed E-state index contributed by atoms with van der Waals surface area (Å²) in [5.74, 6) is -1.03. The van der Waals surface area contributed by atoms with Crippen LogP contribution in [0.15, 0.2) is 72.8 Å². The van der Waals surface area contributed by atoms with Crippen LogP contribution in [-0.4, -0.2) is 25.2 Å². The highest BCUT2D eigenvalue weighted by Gasteiger charge is 2.17. The van der Waals surface area contributed by atoms with Crippen molar-refractivity contribution in [2.45, 2.75) is 6.92 Å². The van der Waals surface area contributed by atoms with Gasteiger partial charge in [-0.15, -0.1) is 0 Å². The highest BCUT2D eigenvalue weighted by atomic mass is 19.1. The van der Waals surface area contributed by atoms with Crippen LogP contribution < -0.4 is 20.9 Å². The van der Waals surface area contributed by atoms with E-state index in [4.69, 9.17) is 0 Å². The molecule has 3 aromatic rings. The Labute approximate surface area is 178 Å². The van der Waals surface area contributed by atoms with E-state index in [0.29, 0.717) is 11.4 Å². The fourth-order valence-electron chi connectivity index (χ4n) is 2.88. The van der Waals surface area contributed by atoms with Crippen LogP contribution in [0.25, 0.3) is 0 Å². The van der Waals surface area contributed by atoms with Crippen molar-refractivity contribution in [1.82, 2.24) is 5.32 Å². The van der Waals surface area contributed by atoms with Crippen LogP contribution in [0.1, 0.15) is 5.56 Å². The van der Waals surface area contributed by atoms with Gasteiger partial charge in [-0.25, -0.2) is 18.4 Å². The minimum Gasteiger partial charge on any atom is -0.336 e. The van der Waals surface area contributed by atoms with Crippen LogP contribution >= 0.6 is 0 Å². The Morgan fingerprint density at radius 3 is 2.16 bits per heavy atom. The van der Waals surface area contributed by atoms with Crippen molar-refractivity contribution in [2.75, 3.05) is 28.6 Å². The summed E-state index contributed by atoms with van der Waals surface area (Å²) < 4.78 is 27.2. The summed E-state index contributed by atoms with van der Waals surface area (Å²) in [7, 11) is 0. The largest absolute Gasteiger partial charge is 0.336 e. The minimum absolute atomic E-state index is 0.0184. The van der Waals surface area contributed by atoms with Crippen LogP contribution in [0, 0.1) is 18.6 Å². The Morgan fingerprint density at radius 2 is 1.48 bits per heavy atom. The molecule has 0 radical (unpaired) electrons. The number of hydrogen-bond donors (Lipinski definition) is 3. The number of hydrogen-bond acceptors (Lipinski definition) is 2. The number of benzene rings is 3. The zero-order chi connectivity index (χ0) is 22.2. The van der Waals surface area contributed by atoms with Crippen molar-refractivity contribution in [3.63, 3.8) is 0 Å². The number of rotatable bonds is 6. The quantitative estimate of drug-likeness (QED) is 0.513. The second-order valence-electron chi connectivity index (χ2n) is 6.73. The molecule has 3 N–H and O–H groups in total. The molecule has 0 saturated carbocycles. The standard InChI is InChI=1S/C23H22F2N4O2/c1-16-6-2-4-8-20(16)27-22(30)26-14-15-29(18-12-10-17(24)11-13-18)23(31)28-21-9-5-3-7-19(21)25/h2-13H,14-15H2,1H3,(H,28,31)(H2,26,27,30). The number of para-hydroxylation sites is 2. The van der Waals surface area contributed by atoms with Gasteiger partial charge in [0.15, 0.2) is 0 Å². The SMILES string of the molecule is Cc1ccccc1NC(=O)NCCN(C(=O)Nc1ccccc1F)c1ccc(F)cc1. The predicted octanol–water partition coefficient (Wildman–Crippen LogP) is 5.13. The average Bonchev–Trinajstić information content (AvgIpc) is 2.75. The maximum absolute atomic E-state index is 13.9. The van der Waals surface area contributed by atoms with Crippen LogP contribution in [0.4, 0.5) is 35.4 Å². The van der Waals surface area contributed by atoms with Crippen LogP contribution in [0.2, 0.25) is 0 Å². The third-order valence-electron chi connectivity index (χ3n) is 4.51. The molecule has 0 bridgehead atoms. The number of amides is 4. The van der Waals surface area contributed by atoms with Gasteiger partial charge in [-0.2, -0.15) is 0 Å². The first-order valence-electron chi connectivity index (χ1n) is 9.63. The van der Waals surface area contributed by atoms with Gasteiger partial charge in [-0.3, -0.25) is 4.90 Å². The van der Waals surface area contributed by atoms with Gasteiger partial charge in [0.1, 0.15) is 11.6 Å². The first-order valence-corrected chi connectivity index (χ1v) is 9.63. The van der Waals surface area contributed by atoms with Gasteiger partial charge >= 0.3 is 12.1 Å². The minimum atomic E-state index is -0.613. The molecule has 31 heavy (non-hydrogen) atoms. The summed E-state index contributed by atoms with van der Waals surface area (Å²) in [6, 6.07) is 17.4. The molecule has 8 heteroatoms.